The molecule has 8 heteroatoms. The number of sulfone groups is 1. The van der Waals surface area contributed by atoms with E-state index < -0.39 is 9.84 Å². The highest BCUT2D eigenvalue weighted by molar-refractivity contribution is 7.90. The lowest BCUT2D eigenvalue weighted by atomic mass is 10.3. The van der Waals surface area contributed by atoms with Crippen molar-refractivity contribution in [3.05, 3.63) is 35.7 Å². The van der Waals surface area contributed by atoms with Crippen molar-refractivity contribution >= 4 is 21.4 Å². The molecule has 0 fully saturated rings. The van der Waals surface area contributed by atoms with Crippen LogP contribution in [0, 0.1) is 0 Å². The minimum Gasteiger partial charge on any atom is -0.489 e. The van der Waals surface area contributed by atoms with Gasteiger partial charge in [-0.25, -0.2) is 13.4 Å². The van der Waals surface area contributed by atoms with Crippen molar-refractivity contribution < 1.29 is 17.9 Å². The number of rotatable bonds is 4. The van der Waals surface area contributed by atoms with E-state index in [9.17, 15) is 8.42 Å². The Morgan fingerprint density at radius 2 is 2.00 bits per heavy atom. The van der Waals surface area contributed by atoms with Gasteiger partial charge in [0.25, 0.3) is 5.88 Å². The van der Waals surface area contributed by atoms with Crippen LogP contribution in [0.3, 0.4) is 0 Å². The maximum Gasteiger partial charge on any atom is 0.267 e. The van der Waals surface area contributed by atoms with Gasteiger partial charge in [-0.15, -0.1) is 0 Å². The first-order chi connectivity index (χ1) is 9.41. The van der Waals surface area contributed by atoms with Crippen LogP contribution >= 0.6 is 11.6 Å². The average molecular weight is 315 g/mol. The molecule has 0 radical (unpaired) electrons. The summed E-state index contributed by atoms with van der Waals surface area (Å²) >= 11 is 5.85. The SMILES string of the molecule is COc1c(Cl)ncnc1Oc1cccc(S(C)(=O)=O)c1. The largest absolute Gasteiger partial charge is 0.489 e. The Hall–Kier alpha value is -1.86. The lowest BCUT2D eigenvalue weighted by Crippen LogP contribution is -1.98. The van der Waals surface area contributed by atoms with Crippen molar-refractivity contribution in [1.82, 2.24) is 9.97 Å². The van der Waals surface area contributed by atoms with Gasteiger partial charge in [-0.3, -0.25) is 0 Å². The number of aromatic nitrogens is 2. The molecule has 0 amide bonds. The van der Waals surface area contributed by atoms with Crippen LogP contribution in [0.25, 0.3) is 0 Å². The Bertz CT molecular complexity index is 734. The molecule has 0 spiro atoms. The number of hydrogen-bond donors (Lipinski definition) is 0. The second-order valence-electron chi connectivity index (χ2n) is 3.85. The summed E-state index contributed by atoms with van der Waals surface area (Å²) in [6, 6.07) is 6.04. The maximum atomic E-state index is 11.5. The van der Waals surface area contributed by atoms with Crippen LogP contribution in [0.15, 0.2) is 35.5 Å². The summed E-state index contributed by atoms with van der Waals surface area (Å²) in [5, 5.41) is 0.108. The fourth-order valence-electron chi connectivity index (χ4n) is 1.46. The van der Waals surface area contributed by atoms with Crippen LogP contribution in [0.2, 0.25) is 5.15 Å². The van der Waals surface area contributed by atoms with Crippen molar-refractivity contribution in [3.63, 3.8) is 0 Å². The molecule has 2 aromatic rings. The topological polar surface area (TPSA) is 78.4 Å². The third-order valence-corrected chi connectivity index (χ3v) is 3.76. The maximum absolute atomic E-state index is 11.5. The summed E-state index contributed by atoms with van der Waals surface area (Å²) < 4.78 is 33.5. The Balaban J connectivity index is 2.38. The number of hydrogen-bond acceptors (Lipinski definition) is 6. The molecule has 0 atom stereocenters. The molecule has 1 heterocycles. The van der Waals surface area contributed by atoms with Gasteiger partial charge in [-0.1, -0.05) is 17.7 Å². The smallest absolute Gasteiger partial charge is 0.267 e. The molecule has 0 aliphatic rings. The predicted octanol–water partition coefficient (Wildman–Crippen LogP) is 2.33. The number of methoxy groups -OCH3 is 1. The van der Waals surface area contributed by atoms with Crippen LogP contribution in [0.4, 0.5) is 0 Å². The third kappa shape index (κ3) is 3.17. The zero-order valence-electron chi connectivity index (χ0n) is 10.7. The van der Waals surface area contributed by atoms with E-state index in [1.165, 1.54) is 25.6 Å². The molecule has 1 aromatic carbocycles. The normalized spacial score (nSPS) is 11.2. The third-order valence-electron chi connectivity index (χ3n) is 2.38. The first-order valence-corrected chi connectivity index (χ1v) is 7.71. The van der Waals surface area contributed by atoms with Crippen LogP contribution in [-0.2, 0) is 9.84 Å². The standard InChI is InChI=1S/C12H11ClN2O4S/c1-18-10-11(13)14-7-15-12(10)19-8-4-3-5-9(6-8)20(2,16)17/h3-7H,1-2H3. The van der Waals surface area contributed by atoms with E-state index in [0.717, 1.165) is 6.26 Å². The lowest BCUT2D eigenvalue weighted by Gasteiger charge is -2.10. The van der Waals surface area contributed by atoms with Gasteiger partial charge in [0.1, 0.15) is 12.1 Å². The number of halogens is 1. The quantitative estimate of drug-likeness (QED) is 0.806. The summed E-state index contributed by atoms with van der Waals surface area (Å²) in [5.74, 6) is 0.595. The molecule has 0 saturated carbocycles. The van der Waals surface area contributed by atoms with E-state index in [4.69, 9.17) is 21.1 Å². The van der Waals surface area contributed by atoms with Crippen molar-refractivity contribution in [2.45, 2.75) is 4.90 Å². The monoisotopic (exact) mass is 314 g/mol. The molecule has 0 aliphatic carbocycles. The molecule has 0 unspecified atom stereocenters. The van der Waals surface area contributed by atoms with Gasteiger partial charge < -0.3 is 9.47 Å². The molecule has 0 bridgehead atoms. The molecule has 0 N–H and O–H groups in total. The van der Waals surface area contributed by atoms with Crippen LogP contribution in [0.1, 0.15) is 0 Å². The lowest BCUT2D eigenvalue weighted by molar-refractivity contribution is 0.367. The van der Waals surface area contributed by atoms with Gasteiger partial charge in [0.2, 0.25) is 5.75 Å². The highest BCUT2D eigenvalue weighted by Gasteiger charge is 2.14. The van der Waals surface area contributed by atoms with Crippen molar-refractivity contribution in [1.29, 1.82) is 0 Å². The van der Waals surface area contributed by atoms with E-state index >= 15 is 0 Å². The van der Waals surface area contributed by atoms with E-state index in [2.05, 4.69) is 9.97 Å². The number of nitrogens with zero attached hydrogens (tertiary/aromatic N) is 2. The Labute approximate surface area is 121 Å². The fourth-order valence-corrected chi connectivity index (χ4v) is 2.32. The van der Waals surface area contributed by atoms with Gasteiger partial charge in [0.15, 0.2) is 15.0 Å². The van der Waals surface area contributed by atoms with E-state index in [-0.39, 0.29) is 21.7 Å². The molecule has 0 aliphatic heterocycles. The minimum atomic E-state index is -3.31. The number of ether oxygens (including phenoxy) is 2. The molecule has 20 heavy (non-hydrogen) atoms. The molecule has 0 saturated heterocycles. The molecule has 6 nitrogen and oxygen atoms in total. The highest BCUT2D eigenvalue weighted by atomic mass is 35.5. The summed E-state index contributed by atoms with van der Waals surface area (Å²) in [6.45, 7) is 0. The van der Waals surface area contributed by atoms with Crippen molar-refractivity contribution in [3.8, 4) is 17.4 Å². The summed E-state index contributed by atoms with van der Waals surface area (Å²) in [7, 11) is -1.90. The molecular formula is C12H11ClN2O4S. The average Bonchev–Trinajstić information content (AvgIpc) is 2.38. The van der Waals surface area contributed by atoms with Crippen LogP contribution in [-0.4, -0.2) is 31.8 Å². The first kappa shape index (κ1) is 14.5. The van der Waals surface area contributed by atoms with Crippen LogP contribution in [0.5, 0.6) is 17.4 Å². The van der Waals surface area contributed by atoms with E-state index in [1.807, 2.05) is 0 Å². The molecular weight excluding hydrogens is 304 g/mol. The van der Waals surface area contributed by atoms with Crippen LogP contribution < -0.4 is 9.47 Å². The van der Waals surface area contributed by atoms with E-state index in [1.54, 1.807) is 12.1 Å². The Morgan fingerprint density at radius 3 is 2.65 bits per heavy atom. The van der Waals surface area contributed by atoms with Crippen molar-refractivity contribution in [2.24, 2.45) is 0 Å². The second-order valence-corrected chi connectivity index (χ2v) is 6.23. The molecule has 1 aromatic heterocycles. The van der Waals surface area contributed by atoms with Gasteiger partial charge in [-0.2, -0.15) is 4.98 Å². The van der Waals surface area contributed by atoms with Crippen molar-refractivity contribution in [2.75, 3.05) is 13.4 Å². The fraction of sp³-hybridized carbons (Fsp3) is 0.167. The van der Waals surface area contributed by atoms with Gasteiger partial charge >= 0.3 is 0 Å². The zero-order chi connectivity index (χ0) is 14.8. The Kier molecular flexibility index (Phi) is 4.10. The number of benzene rings is 1. The van der Waals surface area contributed by atoms with Gasteiger partial charge in [0.05, 0.1) is 12.0 Å². The van der Waals surface area contributed by atoms with Gasteiger partial charge in [-0.05, 0) is 18.2 Å². The predicted molar refractivity (Wildman–Crippen MR) is 73.2 cm³/mol. The first-order valence-electron chi connectivity index (χ1n) is 5.44. The van der Waals surface area contributed by atoms with Gasteiger partial charge in [0, 0.05) is 6.26 Å². The van der Waals surface area contributed by atoms with E-state index in [0.29, 0.717) is 5.75 Å². The minimum absolute atomic E-state index is 0.108. The zero-order valence-corrected chi connectivity index (χ0v) is 12.3. The Morgan fingerprint density at radius 1 is 1.25 bits per heavy atom. The summed E-state index contributed by atoms with van der Waals surface area (Å²) in [5.41, 5.74) is 0. The summed E-state index contributed by atoms with van der Waals surface area (Å²) in [4.78, 5) is 7.82. The molecule has 2 rings (SSSR count). The summed E-state index contributed by atoms with van der Waals surface area (Å²) in [6.07, 6.45) is 2.34. The highest BCUT2D eigenvalue weighted by Crippen LogP contribution is 2.34. The second kappa shape index (κ2) is 5.64. The molecule has 106 valence electrons.